The lowest BCUT2D eigenvalue weighted by atomic mass is 9.98. The van der Waals surface area contributed by atoms with Crippen LogP contribution in [0.5, 0.6) is 11.6 Å². The first kappa shape index (κ1) is 21.4. The van der Waals surface area contributed by atoms with Crippen LogP contribution in [0, 0.1) is 0 Å². The number of aromatic nitrogens is 2. The highest BCUT2D eigenvalue weighted by atomic mass is 35.5. The summed E-state index contributed by atoms with van der Waals surface area (Å²) in [6.07, 6.45) is 0.134. The third kappa shape index (κ3) is 3.67. The number of H-pyrrole nitrogens is 1. The predicted octanol–water partition coefficient (Wildman–Crippen LogP) is 2.59. The third-order valence-corrected chi connectivity index (χ3v) is 5.44. The van der Waals surface area contributed by atoms with E-state index in [1.807, 2.05) is 0 Å². The second-order valence-corrected chi connectivity index (χ2v) is 7.58. The van der Waals surface area contributed by atoms with E-state index in [-0.39, 0.29) is 23.6 Å². The molecule has 2 N–H and O–H groups in total. The molecule has 0 saturated carbocycles. The van der Waals surface area contributed by atoms with Crippen LogP contribution in [0.3, 0.4) is 0 Å². The van der Waals surface area contributed by atoms with E-state index in [1.165, 1.54) is 31.2 Å². The zero-order valence-corrected chi connectivity index (χ0v) is 18.0. The van der Waals surface area contributed by atoms with Crippen LogP contribution in [0.15, 0.2) is 63.2 Å². The smallest absolute Gasteiger partial charge is 0.335 e. The van der Waals surface area contributed by atoms with E-state index in [0.717, 1.165) is 4.57 Å². The third-order valence-electron chi connectivity index (χ3n) is 5.19. The van der Waals surface area contributed by atoms with Gasteiger partial charge >= 0.3 is 5.69 Å². The first-order valence-corrected chi connectivity index (χ1v) is 10.0. The van der Waals surface area contributed by atoms with Crippen molar-refractivity contribution < 1.29 is 14.6 Å². The number of aromatic hydroxyl groups is 1. The molecule has 2 heterocycles. The number of ether oxygens (including phenoxy) is 1. The van der Waals surface area contributed by atoms with Gasteiger partial charge in [0.25, 0.3) is 5.56 Å². The van der Waals surface area contributed by atoms with Crippen LogP contribution >= 0.6 is 11.6 Å². The lowest BCUT2D eigenvalue weighted by Gasteiger charge is -2.22. The van der Waals surface area contributed by atoms with E-state index in [4.69, 9.17) is 16.3 Å². The molecule has 1 aliphatic heterocycles. The van der Waals surface area contributed by atoms with E-state index in [2.05, 4.69) is 10.1 Å². The standard InChI is InChI=1S/C22H19ClN4O5/c1-12(28)27-17(15-5-3-4-6-18(15)32-2)11-16(25-27)19-20(29)24-22(31)26(21(19)30)14-9-7-13(23)8-10-14/h3-10,17,30H,11H2,1-2H3,(H,24,29,31)/t17-/m0/s1. The van der Waals surface area contributed by atoms with Gasteiger partial charge in [-0.25, -0.2) is 14.4 Å². The summed E-state index contributed by atoms with van der Waals surface area (Å²) in [6, 6.07) is 12.8. The molecule has 0 spiro atoms. The zero-order valence-electron chi connectivity index (χ0n) is 17.2. The Bertz CT molecular complexity index is 1340. The van der Waals surface area contributed by atoms with E-state index < -0.39 is 23.2 Å². The predicted molar refractivity (Wildman–Crippen MR) is 119 cm³/mol. The molecule has 0 fully saturated rings. The number of hydrogen-bond donors (Lipinski definition) is 2. The van der Waals surface area contributed by atoms with Gasteiger partial charge in [0.2, 0.25) is 11.8 Å². The maximum Gasteiger partial charge on any atom is 0.335 e. The molecule has 10 heteroatoms. The van der Waals surface area contributed by atoms with Crippen molar-refractivity contribution in [3.05, 3.63) is 85.5 Å². The SMILES string of the molecule is COc1ccccc1[C@@H]1CC(c2c(O)n(-c3ccc(Cl)cc3)c(=O)[nH]c2=O)=NN1C(C)=O. The van der Waals surface area contributed by atoms with E-state index in [0.29, 0.717) is 22.0 Å². The number of para-hydroxylation sites is 1. The Morgan fingerprint density at radius 1 is 1.19 bits per heavy atom. The van der Waals surface area contributed by atoms with Crippen LogP contribution in [0.4, 0.5) is 0 Å². The molecule has 164 valence electrons. The monoisotopic (exact) mass is 454 g/mol. The number of methoxy groups -OCH3 is 1. The number of nitrogens with zero attached hydrogens (tertiary/aromatic N) is 3. The normalized spacial score (nSPS) is 15.5. The Hall–Kier alpha value is -3.85. The van der Waals surface area contributed by atoms with Gasteiger partial charge in [-0.1, -0.05) is 29.8 Å². The van der Waals surface area contributed by atoms with Crippen LogP contribution in [0.2, 0.25) is 5.02 Å². The molecule has 1 aliphatic rings. The Morgan fingerprint density at radius 2 is 1.88 bits per heavy atom. The number of nitrogens with one attached hydrogen (secondary N) is 1. The molecule has 9 nitrogen and oxygen atoms in total. The fourth-order valence-electron chi connectivity index (χ4n) is 3.75. The van der Waals surface area contributed by atoms with Crippen LogP contribution in [-0.2, 0) is 4.79 Å². The number of hydrazone groups is 1. The topological polar surface area (TPSA) is 117 Å². The van der Waals surface area contributed by atoms with Gasteiger partial charge in [-0.05, 0) is 30.3 Å². The Morgan fingerprint density at radius 3 is 2.53 bits per heavy atom. The highest BCUT2D eigenvalue weighted by Crippen LogP contribution is 2.37. The van der Waals surface area contributed by atoms with Crippen molar-refractivity contribution in [1.29, 1.82) is 0 Å². The van der Waals surface area contributed by atoms with Gasteiger partial charge in [0.1, 0.15) is 11.3 Å². The minimum absolute atomic E-state index is 0.134. The quantitative estimate of drug-likeness (QED) is 0.628. The number of aromatic amines is 1. The fourth-order valence-corrected chi connectivity index (χ4v) is 3.88. The number of rotatable bonds is 4. The van der Waals surface area contributed by atoms with Crippen molar-refractivity contribution in [3.8, 4) is 17.3 Å². The largest absolute Gasteiger partial charge is 0.496 e. The summed E-state index contributed by atoms with van der Waals surface area (Å²) in [5, 5.41) is 16.9. The lowest BCUT2D eigenvalue weighted by molar-refractivity contribution is -0.130. The number of halogens is 1. The molecule has 1 amide bonds. The first-order chi connectivity index (χ1) is 15.3. The number of hydrogen-bond acceptors (Lipinski definition) is 6. The Labute approximate surface area is 187 Å². The van der Waals surface area contributed by atoms with Crippen LogP contribution in [-0.4, -0.2) is 38.4 Å². The van der Waals surface area contributed by atoms with Gasteiger partial charge in [-0.3, -0.25) is 14.6 Å². The number of benzene rings is 2. The summed E-state index contributed by atoms with van der Waals surface area (Å²) in [5.41, 5.74) is -0.646. The minimum atomic E-state index is -0.818. The average Bonchev–Trinajstić information content (AvgIpc) is 3.19. The fraction of sp³-hybridized carbons (Fsp3) is 0.182. The van der Waals surface area contributed by atoms with Crippen molar-refractivity contribution >= 4 is 23.2 Å². The molecule has 1 atom stereocenters. The van der Waals surface area contributed by atoms with Gasteiger partial charge in [-0.15, -0.1) is 0 Å². The summed E-state index contributed by atoms with van der Waals surface area (Å²) >= 11 is 5.91. The van der Waals surface area contributed by atoms with E-state index in [1.54, 1.807) is 36.4 Å². The van der Waals surface area contributed by atoms with Gasteiger partial charge in [0.15, 0.2) is 0 Å². The van der Waals surface area contributed by atoms with Gasteiger partial charge < -0.3 is 9.84 Å². The molecule has 0 radical (unpaired) electrons. The molecule has 3 aromatic rings. The number of amides is 1. The summed E-state index contributed by atoms with van der Waals surface area (Å²) in [4.78, 5) is 39.6. The van der Waals surface area contributed by atoms with Gasteiger partial charge in [0, 0.05) is 23.9 Å². The van der Waals surface area contributed by atoms with Crippen molar-refractivity contribution in [1.82, 2.24) is 14.6 Å². The van der Waals surface area contributed by atoms with E-state index >= 15 is 0 Å². The Balaban J connectivity index is 1.85. The highest BCUT2D eigenvalue weighted by molar-refractivity contribution is 6.30. The average molecular weight is 455 g/mol. The molecular weight excluding hydrogens is 436 g/mol. The van der Waals surface area contributed by atoms with Crippen molar-refractivity contribution in [2.75, 3.05) is 7.11 Å². The molecule has 32 heavy (non-hydrogen) atoms. The van der Waals surface area contributed by atoms with E-state index in [9.17, 15) is 19.5 Å². The summed E-state index contributed by atoms with van der Waals surface area (Å²) in [7, 11) is 1.52. The molecular formula is C22H19ClN4O5. The summed E-state index contributed by atoms with van der Waals surface area (Å²) in [6.45, 7) is 1.35. The number of carbonyl (C=O) groups excluding carboxylic acids is 1. The molecule has 2 aromatic carbocycles. The Kier molecular flexibility index (Phi) is 5.58. The van der Waals surface area contributed by atoms with Gasteiger partial charge in [0.05, 0.1) is 24.6 Å². The van der Waals surface area contributed by atoms with Crippen LogP contribution in [0.1, 0.15) is 30.5 Å². The van der Waals surface area contributed by atoms with Gasteiger partial charge in [-0.2, -0.15) is 5.10 Å². The molecule has 0 saturated heterocycles. The second kappa shape index (κ2) is 8.35. The zero-order chi connectivity index (χ0) is 23.0. The van der Waals surface area contributed by atoms with Crippen molar-refractivity contribution in [2.45, 2.75) is 19.4 Å². The van der Waals surface area contributed by atoms with Crippen LogP contribution < -0.4 is 16.0 Å². The van der Waals surface area contributed by atoms with Crippen molar-refractivity contribution in [3.63, 3.8) is 0 Å². The maximum absolute atomic E-state index is 12.7. The van der Waals surface area contributed by atoms with Crippen molar-refractivity contribution in [2.24, 2.45) is 5.10 Å². The second-order valence-electron chi connectivity index (χ2n) is 7.14. The molecule has 4 rings (SSSR count). The van der Waals surface area contributed by atoms with Crippen LogP contribution in [0.25, 0.3) is 5.69 Å². The minimum Gasteiger partial charge on any atom is -0.496 e. The first-order valence-electron chi connectivity index (χ1n) is 9.66. The summed E-state index contributed by atoms with van der Waals surface area (Å²) < 4.78 is 6.36. The summed E-state index contributed by atoms with van der Waals surface area (Å²) in [5.74, 6) is -0.369. The molecule has 1 aromatic heterocycles. The molecule has 0 bridgehead atoms. The highest BCUT2D eigenvalue weighted by Gasteiger charge is 2.35. The molecule has 0 unspecified atom stereocenters. The number of carbonyl (C=O) groups is 1. The lowest BCUT2D eigenvalue weighted by Crippen LogP contribution is -2.33. The molecule has 0 aliphatic carbocycles. The maximum atomic E-state index is 12.7.